The number of Topliss-reactive ketones (excluding diaryl/α,β-unsaturated/α-hetero) is 2. The molecule has 34 heavy (non-hydrogen) atoms. The maximum atomic E-state index is 13.3. The molecule has 0 spiro atoms. The highest BCUT2D eigenvalue weighted by molar-refractivity contribution is 6.21. The topological polar surface area (TPSA) is 150 Å². The first-order valence-corrected chi connectivity index (χ1v) is 10.8. The molecule has 4 rings (SSSR count). The molecule has 8 nitrogen and oxygen atoms in total. The van der Waals surface area contributed by atoms with E-state index in [1.54, 1.807) is 6.07 Å². The number of phenols is 1. The maximum Gasteiger partial charge on any atom is 0.390 e. The standard InChI is InChI=1S/C23H23F3N2O6/c24-23(25,26)3-4-28-8-10-2-1-9-5-11-6-12-7-13(29)17(22(27)34)21(33)16(12)20(32)15(11)19(31)14(9)18(10)30/h1-2,11-12,16,28,30-31,33H,3-8H2,(H2,27,34). The number of amides is 1. The zero-order chi connectivity index (χ0) is 24.9. The van der Waals surface area contributed by atoms with Crippen LogP contribution in [0.25, 0.3) is 5.76 Å². The second-order valence-corrected chi connectivity index (χ2v) is 8.90. The summed E-state index contributed by atoms with van der Waals surface area (Å²) in [6, 6.07) is 3.17. The molecule has 1 aromatic carbocycles. The predicted octanol–water partition coefficient (Wildman–Crippen LogP) is 2.35. The number of nitrogens with one attached hydrogen (secondary N) is 1. The third-order valence-electron chi connectivity index (χ3n) is 6.75. The van der Waals surface area contributed by atoms with Gasteiger partial charge in [0.05, 0.1) is 17.9 Å². The molecule has 1 fully saturated rings. The van der Waals surface area contributed by atoms with Crippen LogP contribution >= 0.6 is 0 Å². The van der Waals surface area contributed by atoms with Crippen LogP contribution in [0, 0.1) is 17.8 Å². The lowest BCUT2D eigenvalue weighted by Gasteiger charge is -2.41. The summed E-state index contributed by atoms with van der Waals surface area (Å²) >= 11 is 0. The fourth-order valence-electron chi connectivity index (χ4n) is 5.25. The van der Waals surface area contributed by atoms with Gasteiger partial charge in [0.1, 0.15) is 22.8 Å². The van der Waals surface area contributed by atoms with Crippen LogP contribution in [0.2, 0.25) is 0 Å². The van der Waals surface area contributed by atoms with E-state index in [2.05, 4.69) is 5.32 Å². The third-order valence-corrected chi connectivity index (χ3v) is 6.75. The molecule has 1 aromatic rings. The van der Waals surface area contributed by atoms with Crippen LogP contribution in [0.3, 0.4) is 0 Å². The van der Waals surface area contributed by atoms with Crippen molar-refractivity contribution in [1.82, 2.24) is 5.32 Å². The lowest BCUT2D eigenvalue weighted by atomic mass is 9.61. The van der Waals surface area contributed by atoms with E-state index in [-0.39, 0.29) is 48.4 Å². The lowest BCUT2D eigenvalue weighted by Crippen LogP contribution is -2.44. The van der Waals surface area contributed by atoms with E-state index in [1.807, 2.05) is 0 Å². The van der Waals surface area contributed by atoms with Gasteiger partial charge in [-0.25, -0.2) is 0 Å². The van der Waals surface area contributed by atoms with Crippen molar-refractivity contribution in [2.75, 3.05) is 6.54 Å². The number of halogens is 3. The Labute approximate surface area is 191 Å². The number of nitrogens with two attached hydrogens (primary N) is 1. The van der Waals surface area contributed by atoms with E-state index in [0.29, 0.717) is 12.0 Å². The molecule has 3 unspecified atom stereocenters. The molecule has 0 radical (unpaired) electrons. The van der Waals surface area contributed by atoms with Crippen LogP contribution in [0.5, 0.6) is 5.75 Å². The smallest absolute Gasteiger partial charge is 0.390 e. The monoisotopic (exact) mass is 480 g/mol. The molecule has 6 N–H and O–H groups in total. The fourth-order valence-corrected chi connectivity index (χ4v) is 5.25. The second-order valence-electron chi connectivity index (χ2n) is 8.90. The molecule has 0 saturated heterocycles. The minimum absolute atomic E-state index is 0.0126. The number of fused-ring (bicyclic) bond motifs is 3. The normalized spacial score (nSPS) is 24.6. The average molecular weight is 480 g/mol. The molecular weight excluding hydrogens is 457 g/mol. The zero-order valence-corrected chi connectivity index (χ0v) is 17.9. The van der Waals surface area contributed by atoms with Gasteiger partial charge in [-0.05, 0) is 30.2 Å². The van der Waals surface area contributed by atoms with Crippen molar-refractivity contribution in [3.8, 4) is 5.75 Å². The Kier molecular flexibility index (Phi) is 5.92. The van der Waals surface area contributed by atoms with Gasteiger partial charge in [0.2, 0.25) is 0 Å². The van der Waals surface area contributed by atoms with Gasteiger partial charge in [0.15, 0.2) is 11.6 Å². The van der Waals surface area contributed by atoms with E-state index in [1.165, 1.54) is 6.07 Å². The number of carbonyl (C=O) groups is 3. The van der Waals surface area contributed by atoms with E-state index in [0.717, 1.165) is 0 Å². The summed E-state index contributed by atoms with van der Waals surface area (Å²) < 4.78 is 37.0. The van der Waals surface area contributed by atoms with Crippen LogP contribution < -0.4 is 11.1 Å². The van der Waals surface area contributed by atoms with Crippen molar-refractivity contribution in [2.45, 2.75) is 38.4 Å². The minimum atomic E-state index is -4.32. The molecule has 3 atom stereocenters. The van der Waals surface area contributed by atoms with Gasteiger partial charge in [-0.3, -0.25) is 14.4 Å². The van der Waals surface area contributed by atoms with Crippen LogP contribution in [-0.4, -0.2) is 45.5 Å². The Balaban J connectivity index is 1.67. The number of hydrogen-bond donors (Lipinski definition) is 5. The van der Waals surface area contributed by atoms with Crippen LogP contribution in [0.15, 0.2) is 29.0 Å². The first-order chi connectivity index (χ1) is 15.9. The first-order valence-electron chi connectivity index (χ1n) is 10.8. The SMILES string of the molecule is NC(=O)C1=C(O)C2C(=O)C3=C(O)c4c(ccc(CNCCC(F)(F)F)c4O)CC3CC2CC1=O. The number of rotatable bonds is 5. The van der Waals surface area contributed by atoms with Gasteiger partial charge in [-0.1, -0.05) is 12.1 Å². The molecular formula is C23H23F3N2O6. The summed E-state index contributed by atoms with van der Waals surface area (Å²) in [5.41, 5.74) is 5.37. The quantitative estimate of drug-likeness (QED) is 0.321. The van der Waals surface area contributed by atoms with Crippen molar-refractivity contribution in [1.29, 1.82) is 0 Å². The van der Waals surface area contributed by atoms with Gasteiger partial charge in [0.25, 0.3) is 5.91 Å². The number of hydrogen-bond acceptors (Lipinski definition) is 7. The lowest BCUT2D eigenvalue weighted by molar-refractivity contribution is -0.133. The van der Waals surface area contributed by atoms with Gasteiger partial charge in [-0.15, -0.1) is 0 Å². The van der Waals surface area contributed by atoms with E-state index in [4.69, 9.17) is 5.73 Å². The van der Waals surface area contributed by atoms with Crippen LogP contribution in [-0.2, 0) is 27.3 Å². The number of aromatic hydroxyl groups is 1. The summed E-state index contributed by atoms with van der Waals surface area (Å²) in [5.74, 6) is -6.18. The van der Waals surface area contributed by atoms with Gasteiger partial charge in [0, 0.05) is 30.6 Å². The highest BCUT2D eigenvalue weighted by Gasteiger charge is 2.50. The first kappa shape index (κ1) is 23.8. The third kappa shape index (κ3) is 4.04. The van der Waals surface area contributed by atoms with Gasteiger partial charge < -0.3 is 26.4 Å². The number of phenolic OH excluding ortho intramolecular Hbond substituents is 1. The highest BCUT2D eigenvalue weighted by Crippen LogP contribution is 2.50. The van der Waals surface area contributed by atoms with Crippen LogP contribution in [0.1, 0.15) is 36.0 Å². The Morgan fingerprint density at radius 2 is 1.85 bits per heavy atom. The molecule has 1 amide bonds. The molecule has 0 bridgehead atoms. The average Bonchev–Trinajstić information content (AvgIpc) is 2.70. The molecule has 3 aliphatic rings. The molecule has 182 valence electrons. The number of aliphatic hydroxyl groups excluding tert-OH is 2. The van der Waals surface area contributed by atoms with Gasteiger partial charge in [-0.2, -0.15) is 13.2 Å². The molecule has 0 aromatic heterocycles. The van der Waals surface area contributed by atoms with Crippen molar-refractivity contribution in [3.05, 3.63) is 45.7 Å². The summed E-state index contributed by atoms with van der Waals surface area (Å²) in [4.78, 5) is 37.2. The Morgan fingerprint density at radius 3 is 2.50 bits per heavy atom. The number of ketones is 2. The molecule has 0 aliphatic heterocycles. The number of aliphatic hydroxyl groups is 2. The predicted molar refractivity (Wildman–Crippen MR) is 112 cm³/mol. The maximum absolute atomic E-state index is 13.3. The Morgan fingerprint density at radius 1 is 1.15 bits per heavy atom. The summed E-state index contributed by atoms with van der Waals surface area (Å²) in [7, 11) is 0. The number of alkyl halides is 3. The van der Waals surface area contributed by atoms with Crippen molar-refractivity contribution >= 4 is 23.2 Å². The minimum Gasteiger partial charge on any atom is -0.511 e. The largest absolute Gasteiger partial charge is 0.511 e. The number of allylic oxidation sites excluding steroid dienone is 2. The Hall–Kier alpha value is -3.34. The van der Waals surface area contributed by atoms with Crippen molar-refractivity contribution < 1.29 is 42.9 Å². The molecule has 3 aliphatic carbocycles. The van der Waals surface area contributed by atoms with Crippen molar-refractivity contribution in [2.24, 2.45) is 23.5 Å². The van der Waals surface area contributed by atoms with Gasteiger partial charge >= 0.3 is 6.18 Å². The number of carbonyl (C=O) groups excluding carboxylic acids is 3. The van der Waals surface area contributed by atoms with Crippen molar-refractivity contribution in [3.63, 3.8) is 0 Å². The second kappa shape index (κ2) is 8.46. The molecule has 11 heteroatoms. The van der Waals surface area contributed by atoms with E-state index in [9.17, 15) is 42.9 Å². The highest BCUT2D eigenvalue weighted by atomic mass is 19.4. The summed E-state index contributed by atoms with van der Waals surface area (Å²) in [6.45, 7) is -0.448. The molecule has 0 heterocycles. The van der Waals surface area contributed by atoms with E-state index >= 15 is 0 Å². The zero-order valence-electron chi connectivity index (χ0n) is 17.9. The summed E-state index contributed by atoms with van der Waals surface area (Å²) in [6.07, 6.45) is -4.93. The number of benzene rings is 1. The Bertz CT molecular complexity index is 1150. The summed E-state index contributed by atoms with van der Waals surface area (Å²) in [5, 5.41) is 34.8. The van der Waals surface area contributed by atoms with E-state index < -0.39 is 64.9 Å². The number of primary amides is 1. The van der Waals surface area contributed by atoms with Crippen LogP contribution in [0.4, 0.5) is 13.2 Å². The molecule has 1 saturated carbocycles. The fraction of sp³-hybridized carbons (Fsp3) is 0.435.